The number of benzene rings is 1. The van der Waals surface area contributed by atoms with E-state index in [1.807, 2.05) is 12.1 Å². The van der Waals surface area contributed by atoms with Crippen molar-refractivity contribution in [3.63, 3.8) is 0 Å². The summed E-state index contributed by atoms with van der Waals surface area (Å²) in [6, 6.07) is 5.66. The van der Waals surface area contributed by atoms with Crippen LogP contribution in [0.1, 0.15) is 44.7 Å². The van der Waals surface area contributed by atoms with E-state index in [1.54, 1.807) is 6.07 Å². The molecule has 2 atom stereocenters. The molecule has 0 aliphatic heterocycles. The van der Waals surface area contributed by atoms with Crippen LogP contribution in [0.2, 0.25) is 5.02 Å². The van der Waals surface area contributed by atoms with E-state index in [-0.39, 0.29) is 6.04 Å². The van der Waals surface area contributed by atoms with E-state index in [1.165, 1.54) is 12.8 Å². The maximum atomic E-state index is 5.97. The van der Waals surface area contributed by atoms with Crippen molar-refractivity contribution in [1.82, 2.24) is 5.43 Å². The zero-order chi connectivity index (χ0) is 12.8. The average Bonchev–Trinajstić information content (AvgIpc) is 2.27. The lowest BCUT2D eigenvalue weighted by Crippen LogP contribution is -2.30. The molecule has 0 saturated carbocycles. The fourth-order valence-corrected chi connectivity index (χ4v) is 2.34. The second-order valence-corrected chi connectivity index (χ2v) is 5.06. The summed E-state index contributed by atoms with van der Waals surface area (Å²) in [5.74, 6) is 6.24. The summed E-state index contributed by atoms with van der Waals surface area (Å²) in [5.41, 5.74) is 10.5. The molecule has 0 spiro atoms. The zero-order valence-electron chi connectivity index (χ0n) is 10.5. The van der Waals surface area contributed by atoms with Gasteiger partial charge in [-0.2, -0.15) is 0 Å². The molecule has 1 rings (SSSR count). The monoisotopic (exact) mass is 255 g/mol. The number of rotatable bonds is 6. The van der Waals surface area contributed by atoms with Crippen LogP contribution in [0.4, 0.5) is 5.69 Å². The molecule has 0 radical (unpaired) electrons. The molecule has 0 fully saturated rings. The highest BCUT2D eigenvalue weighted by Crippen LogP contribution is 2.29. The molecular formula is C13H22ClN3. The highest BCUT2D eigenvalue weighted by molar-refractivity contribution is 6.30. The smallest absolute Gasteiger partial charge is 0.0482 e. The van der Waals surface area contributed by atoms with Gasteiger partial charge in [-0.3, -0.25) is 11.3 Å². The fourth-order valence-electron chi connectivity index (χ4n) is 2.16. The summed E-state index contributed by atoms with van der Waals surface area (Å²) in [5, 5.41) is 0.656. The molecule has 0 heterocycles. The second kappa shape index (κ2) is 6.84. The molecule has 4 heteroatoms. The van der Waals surface area contributed by atoms with Crippen LogP contribution in [0.15, 0.2) is 18.2 Å². The van der Waals surface area contributed by atoms with Crippen LogP contribution in [0, 0.1) is 5.92 Å². The van der Waals surface area contributed by atoms with Gasteiger partial charge in [-0.05, 0) is 30.0 Å². The minimum atomic E-state index is 0.0915. The molecule has 2 unspecified atom stereocenters. The van der Waals surface area contributed by atoms with Gasteiger partial charge in [-0.25, -0.2) is 0 Å². The zero-order valence-corrected chi connectivity index (χ0v) is 11.3. The molecule has 0 aromatic heterocycles. The van der Waals surface area contributed by atoms with Crippen LogP contribution in [0.5, 0.6) is 0 Å². The Bertz CT molecular complexity index is 355. The summed E-state index contributed by atoms with van der Waals surface area (Å²) in [6.45, 7) is 4.43. The normalized spacial score (nSPS) is 14.6. The van der Waals surface area contributed by atoms with Gasteiger partial charge < -0.3 is 5.73 Å². The van der Waals surface area contributed by atoms with Crippen LogP contribution in [0.25, 0.3) is 0 Å². The Morgan fingerprint density at radius 3 is 2.65 bits per heavy atom. The first-order valence-electron chi connectivity index (χ1n) is 6.09. The van der Waals surface area contributed by atoms with E-state index in [9.17, 15) is 0 Å². The number of hydrogen-bond donors (Lipinski definition) is 3. The fraction of sp³-hybridized carbons (Fsp3) is 0.538. The van der Waals surface area contributed by atoms with Crippen LogP contribution in [0.3, 0.4) is 0 Å². The Hall–Kier alpha value is -0.770. The van der Waals surface area contributed by atoms with Crippen molar-refractivity contribution in [1.29, 1.82) is 0 Å². The van der Waals surface area contributed by atoms with Crippen molar-refractivity contribution in [2.75, 3.05) is 5.73 Å². The molecule has 0 aliphatic carbocycles. The van der Waals surface area contributed by atoms with Crippen LogP contribution in [-0.4, -0.2) is 0 Å². The Balaban J connectivity index is 2.79. The van der Waals surface area contributed by atoms with Gasteiger partial charge in [-0.1, -0.05) is 44.4 Å². The van der Waals surface area contributed by atoms with Crippen LogP contribution >= 0.6 is 11.6 Å². The van der Waals surface area contributed by atoms with Crippen molar-refractivity contribution >= 4 is 17.3 Å². The quantitative estimate of drug-likeness (QED) is 0.415. The highest BCUT2D eigenvalue weighted by atomic mass is 35.5. The van der Waals surface area contributed by atoms with Gasteiger partial charge in [-0.15, -0.1) is 0 Å². The first-order chi connectivity index (χ1) is 8.08. The minimum absolute atomic E-state index is 0.0915. The van der Waals surface area contributed by atoms with Crippen LogP contribution < -0.4 is 17.0 Å². The van der Waals surface area contributed by atoms with E-state index < -0.39 is 0 Å². The molecule has 17 heavy (non-hydrogen) atoms. The second-order valence-electron chi connectivity index (χ2n) is 4.62. The molecule has 1 aromatic carbocycles. The molecular weight excluding hydrogens is 234 g/mol. The van der Waals surface area contributed by atoms with Crippen molar-refractivity contribution in [3.05, 3.63) is 28.8 Å². The maximum Gasteiger partial charge on any atom is 0.0482 e. The maximum absolute atomic E-state index is 5.97. The van der Waals surface area contributed by atoms with Crippen LogP contribution in [-0.2, 0) is 0 Å². The lowest BCUT2D eigenvalue weighted by atomic mass is 9.92. The average molecular weight is 256 g/mol. The largest absolute Gasteiger partial charge is 0.398 e. The van der Waals surface area contributed by atoms with Gasteiger partial charge in [0.1, 0.15) is 0 Å². The van der Waals surface area contributed by atoms with Crippen molar-refractivity contribution in [3.8, 4) is 0 Å². The number of halogens is 1. The first kappa shape index (κ1) is 14.3. The SMILES string of the molecule is CCCC(C)CC(NN)c1ccc(Cl)cc1N. The lowest BCUT2D eigenvalue weighted by Gasteiger charge is -2.22. The van der Waals surface area contributed by atoms with Gasteiger partial charge >= 0.3 is 0 Å². The lowest BCUT2D eigenvalue weighted by molar-refractivity contribution is 0.395. The molecule has 0 saturated heterocycles. The van der Waals surface area contributed by atoms with Gasteiger partial charge in [0.25, 0.3) is 0 Å². The van der Waals surface area contributed by atoms with Gasteiger partial charge in [0.2, 0.25) is 0 Å². The van der Waals surface area contributed by atoms with Gasteiger partial charge in [0, 0.05) is 16.8 Å². The minimum Gasteiger partial charge on any atom is -0.398 e. The summed E-state index contributed by atoms with van der Waals surface area (Å²) in [6.07, 6.45) is 3.37. The highest BCUT2D eigenvalue weighted by Gasteiger charge is 2.16. The van der Waals surface area contributed by atoms with E-state index in [0.29, 0.717) is 16.6 Å². The van der Waals surface area contributed by atoms with E-state index in [2.05, 4.69) is 19.3 Å². The predicted octanol–water partition coefficient (Wildman–Crippen LogP) is 3.25. The Morgan fingerprint density at radius 1 is 1.41 bits per heavy atom. The summed E-state index contributed by atoms with van der Waals surface area (Å²) in [4.78, 5) is 0. The third kappa shape index (κ3) is 4.19. The van der Waals surface area contributed by atoms with Crippen molar-refractivity contribution < 1.29 is 0 Å². The molecule has 0 aliphatic rings. The molecule has 3 nitrogen and oxygen atoms in total. The number of nitrogen functional groups attached to an aromatic ring is 1. The topological polar surface area (TPSA) is 64.1 Å². The number of hydrogen-bond acceptors (Lipinski definition) is 3. The van der Waals surface area contributed by atoms with Crippen molar-refractivity contribution in [2.45, 2.75) is 39.2 Å². The molecule has 96 valence electrons. The molecule has 1 aromatic rings. The number of anilines is 1. The number of nitrogens with one attached hydrogen (secondary N) is 1. The predicted molar refractivity (Wildman–Crippen MR) is 74.6 cm³/mol. The van der Waals surface area contributed by atoms with E-state index >= 15 is 0 Å². The first-order valence-corrected chi connectivity index (χ1v) is 6.47. The molecule has 5 N–H and O–H groups in total. The number of hydrazine groups is 1. The Labute approximate surface area is 108 Å². The van der Waals surface area contributed by atoms with Gasteiger partial charge in [0.05, 0.1) is 0 Å². The molecule has 0 bridgehead atoms. The number of nitrogens with two attached hydrogens (primary N) is 2. The third-order valence-electron chi connectivity index (χ3n) is 3.04. The van der Waals surface area contributed by atoms with E-state index in [4.69, 9.17) is 23.2 Å². The Kier molecular flexibility index (Phi) is 5.75. The summed E-state index contributed by atoms with van der Waals surface area (Å²) in [7, 11) is 0. The standard InChI is InChI=1S/C13H22ClN3/c1-3-4-9(2)7-13(17-16)11-6-5-10(14)8-12(11)15/h5-6,8-9,13,17H,3-4,7,15-16H2,1-2H3. The van der Waals surface area contributed by atoms with Gasteiger partial charge in [0.15, 0.2) is 0 Å². The Morgan fingerprint density at radius 2 is 2.12 bits per heavy atom. The van der Waals surface area contributed by atoms with E-state index in [0.717, 1.165) is 12.0 Å². The summed E-state index contributed by atoms with van der Waals surface area (Å²) < 4.78 is 0. The third-order valence-corrected chi connectivity index (χ3v) is 3.28. The van der Waals surface area contributed by atoms with Crippen molar-refractivity contribution in [2.24, 2.45) is 11.8 Å². The summed E-state index contributed by atoms with van der Waals surface area (Å²) >= 11 is 5.89. The molecule has 0 amide bonds.